The smallest absolute Gasteiger partial charge is 0.411 e. The number of likely N-dealkylation sites (tertiary alicyclic amines) is 2. The number of imidazole rings is 2. The van der Waals surface area contributed by atoms with Crippen LogP contribution in [0.15, 0.2) is 60.7 Å². The third-order valence-corrected chi connectivity index (χ3v) is 10.4. The summed E-state index contributed by atoms with van der Waals surface area (Å²) in [6.45, 7) is 11.4. The molecule has 4 aliphatic rings. The van der Waals surface area contributed by atoms with Crippen molar-refractivity contribution in [3.05, 3.63) is 72.3 Å². The Bertz CT molecular complexity index is 2190. The first kappa shape index (κ1) is 31.9. The summed E-state index contributed by atoms with van der Waals surface area (Å²) in [4.78, 5) is 46.8. The number of carbonyl (C=O) groups is 2. The van der Waals surface area contributed by atoms with E-state index in [1.165, 1.54) is 0 Å². The average molecular weight is 689 g/mol. The van der Waals surface area contributed by atoms with Gasteiger partial charge in [0.05, 0.1) is 34.2 Å². The molecule has 264 valence electrons. The summed E-state index contributed by atoms with van der Waals surface area (Å²) in [7, 11) is 0. The highest BCUT2D eigenvalue weighted by molar-refractivity contribution is 5.83. The van der Waals surface area contributed by atoms with Crippen LogP contribution in [0, 0.1) is 11.8 Å². The summed E-state index contributed by atoms with van der Waals surface area (Å²) in [6.07, 6.45) is 3.30. The second-order valence-corrected chi connectivity index (χ2v) is 16.7. The Kier molecular flexibility index (Phi) is 7.02. The average Bonchev–Trinajstić information content (AvgIpc) is 3.71. The number of benzene rings is 3. The van der Waals surface area contributed by atoms with Crippen molar-refractivity contribution in [3.8, 4) is 22.6 Å². The number of ether oxygens (including phenoxy) is 3. The molecule has 9 rings (SSSR count). The van der Waals surface area contributed by atoms with E-state index in [1.807, 2.05) is 93.8 Å². The zero-order valence-corrected chi connectivity index (χ0v) is 29.9. The van der Waals surface area contributed by atoms with E-state index in [1.54, 1.807) is 0 Å². The maximum Gasteiger partial charge on any atom is 0.411 e. The van der Waals surface area contributed by atoms with E-state index in [9.17, 15) is 9.59 Å². The molecule has 2 saturated heterocycles. The van der Waals surface area contributed by atoms with Gasteiger partial charge in [0, 0.05) is 18.2 Å². The maximum absolute atomic E-state index is 13.1. The van der Waals surface area contributed by atoms with Crippen LogP contribution in [0.1, 0.15) is 91.0 Å². The SMILES string of the molecule is CC(C)(C)OC(=O)N1[C@@H]2C[C@@H]2C[C@H]1c1nc2ccc(Oc3cccc(-c4ccc5nc([C@@H]6C[C@H]7C[C@H]7N6C(=O)OC(C)(C)C)[nH]c5c4)c3)cc2[nH]1. The minimum atomic E-state index is -0.552. The molecule has 0 bridgehead atoms. The fourth-order valence-electron chi connectivity index (χ4n) is 8.03. The van der Waals surface area contributed by atoms with Crippen molar-refractivity contribution >= 4 is 34.3 Å². The molecule has 0 radical (unpaired) electrons. The standard InChI is InChI=1S/C40H44N6O5/c1-39(2,3)50-37(47)45-31-16-23(31)18-33(45)35-41-27-12-10-22(15-29(27)43-35)21-8-7-9-25(14-21)49-26-11-13-28-30(20-26)44-36(42-28)34-19-24-17-32(24)46(34)38(48)51-40(4,5)6/h7-15,20,23-24,31-34H,16-19H2,1-6H3,(H,41,43)(H,42,44)/t23-,24-,31-,32-,33+,34+/m1/s1. The first-order valence-corrected chi connectivity index (χ1v) is 18.1. The second kappa shape index (κ2) is 11.2. The minimum absolute atomic E-state index is 0.118. The van der Waals surface area contributed by atoms with E-state index in [0.717, 1.165) is 70.5 Å². The minimum Gasteiger partial charge on any atom is -0.457 e. The van der Waals surface area contributed by atoms with Crippen LogP contribution in [0.4, 0.5) is 9.59 Å². The van der Waals surface area contributed by atoms with Gasteiger partial charge in [0.1, 0.15) is 34.3 Å². The highest BCUT2D eigenvalue weighted by atomic mass is 16.6. The molecule has 2 aromatic heterocycles. The van der Waals surface area contributed by atoms with Crippen LogP contribution >= 0.6 is 0 Å². The molecule has 5 aromatic rings. The zero-order chi connectivity index (χ0) is 35.4. The van der Waals surface area contributed by atoms with Crippen LogP contribution in [0.25, 0.3) is 33.2 Å². The van der Waals surface area contributed by atoms with Gasteiger partial charge in [-0.2, -0.15) is 0 Å². The van der Waals surface area contributed by atoms with E-state index in [2.05, 4.69) is 28.2 Å². The summed E-state index contributed by atoms with van der Waals surface area (Å²) in [5, 5.41) is 0. The molecule has 2 amide bonds. The van der Waals surface area contributed by atoms with E-state index >= 15 is 0 Å². The summed E-state index contributed by atoms with van der Waals surface area (Å²) >= 11 is 0. The molecule has 2 aliphatic heterocycles. The van der Waals surface area contributed by atoms with Crippen molar-refractivity contribution in [2.24, 2.45) is 11.8 Å². The van der Waals surface area contributed by atoms with Crippen molar-refractivity contribution in [1.29, 1.82) is 0 Å². The number of hydrogen-bond donors (Lipinski definition) is 2. The van der Waals surface area contributed by atoms with Gasteiger partial charge in [0.15, 0.2) is 0 Å². The number of rotatable bonds is 5. The van der Waals surface area contributed by atoms with Crippen molar-refractivity contribution in [1.82, 2.24) is 29.7 Å². The lowest BCUT2D eigenvalue weighted by Gasteiger charge is -2.29. The Morgan fingerprint density at radius 3 is 1.73 bits per heavy atom. The van der Waals surface area contributed by atoms with E-state index in [-0.39, 0.29) is 36.4 Å². The van der Waals surface area contributed by atoms with Crippen LogP contribution < -0.4 is 4.74 Å². The molecule has 2 aliphatic carbocycles. The van der Waals surface area contributed by atoms with Gasteiger partial charge in [0.2, 0.25) is 0 Å². The third-order valence-electron chi connectivity index (χ3n) is 10.4. The molecule has 6 atom stereocenters. The number of nitrogens with one attached hydrogen (secondary N) is 2. The Balaban J connectivity index is 0.922. The predicted octanol–water partition coefficient (Wildman–Crippen LogP) is 9.04. The van der Waals surface area contributed by atoms with Gasteiger partial charge in [0.25, 0.3) is 0 Å². The van der Waals surface area contributed by atoms with Crippen LogP contribution in [-0.2, 0) is 9.47 Å². The van der Waals surface area contributed by atoms with Crippen LogP contribution in [-0.4, -0.2) is 65.2 Å². The lowest BCUT2D eigenvalue weighted by molar-refractivity contribution is 0.0164. The van der Waals surface area contributed by atoms with Crippen molar-refractivity contribution < 1.29 is 23.8 Å². The van der Waals surface area contributed by atoms with Gasteiger partial charge in [-0.15, -0.1) is 0 Å². The molecule has 0 spiro atoms. The number of fused-ring (bicyclic) bond motifs is 4. The fourth-order valence-corrected chi connectivity index (χ4v) is 8.03. The number of amides is 2. The van der Waals surface area contributed by atoms with Gasteiger partial charge in [-0.05, 0) is 127 Å². The number of piperidine rings is 2. The number of hydrogen-bond acceptors (Lipinski definition) is 7. The van der Waals surface area contributed by atoms with E-state index < -0.39 is 11.2 Å². The summed E-state index contributed by atoms with van der Waals surface area (Å²) in [6, 6.07) is 20.2. The second-order valence-electron chi connectivity index (χ2n) is 16.7. The predicted molar refractivity (Wildman–Crippen MR) is 192 cm³/mol. The summed E-state index contributed by atoms with van der Waals surface area (Å²) in [5.74, 6) is 3.99. The number of H-pyrrole nitrogens is 2. The largest absolute Gasteiger partial charge is 0.457 e. The highest BCUT2D eigenvalue weighted by Gasteiger charge is 2.57. The number of nitrogens with zero attached hydrogens (tertiary/aromatic N) is 4. The number of aromatic amines is 2. The van der Waals surface area contributed by atoms with Crippen molar-refractivity contribution in [3.63, 3.8) is 0 Å². The maximum atomic E-state index is 13.1. The van der Waals surface area contributed by atoms with Gasteiger partial charge in [-0.1, -0.05) is 18.2 Å². The van der Waals surface area contributed by atoms with Crippen molar-refractivity contribution in [2.45, 2.75) is 103 Å². The van der Waals surface area contributed by atoms with Gasteiger partial charge >= 0.3 is 12.2 Å². The first-order chi connectivity index (χ1) is 24.3. The molecule has 11 heteroatoms. The number of carbonyl (C=O) groups excluding carboxylic acids is 2. The normalized spacial score (nSPS) is 25.2. The van der Waals surface area contributed by atoms with Gasteiger partial charge < -0.3 is 24.2 Å². The molecule has 2 saturated carbocycles. The molecule has 0 unspecified atom stereocenters. The fraction of sp³-hybridized carbons (Fsp3) is 0.450. The van der Waals surface area contributed by atoms with Gasteiger partial charge in [-0.25, -0.2) is 19.6 Å². The van der Waals surface area contributed by atoms with E-state index in [4.69, 9.17) is 24.2 Å². The van der Waals surface area contributed by atoms with Crippen LogP contribution in [0.3, 0.4) is 0 Å². The van der Waals surface area contributed by atoms with Crippen molar-refractivity contribution in [2.75, 3.05) is 0 Å². The lowest BCUT2D eigenvalue weighted by Crippen LogP contribution is -2.38. The van der Waals surface area contributed by atoms with Gasteiger partial charge in [-0.3, -0.25) is 9.80 Å². The Labute approximate surface area is 296 Å². The molecule has 4 fully saturated rings. The quantitative estimate of drug-likeness (QED) is 0.189. The van der Waals surface area contributed by atoms with E-state index in [0.29, 0.717) is 23.3 Å². The molecule has 11 nitrogen and oxygen atoms in total. The Morgan fingerprint density at radius 2 is 1.16 bits per heavy atom. The molecular weight excluding hydrogens is 644 g/mol. The molecule has 3 aromatic carbocycles. The highest BCUT2D eigenvalue weighted by Crippen LogP contribution is 2.54. The molecule has 51 heavy (non-hydrogen) atoms. The first-order valence-electron chi connectivity index (χ1n) is 18.1. The molecular formula is C40H44N6O5. The Hall–Kier alpha value is -5.06. The van der Waals surface area contributed by atoms with Crippen LogP contribution in [0.2, 0.25) is 0 Å². The molecule has 2 N–H and O–H groups in total. The zero-order valence-electron chi connectivity index (χ0n) is 29.9. The lowest BCUT2D eigenvalue weighted by atomic mass is 10.0. The third kappa shape index (κ3) is 6.06. The number of aromatic nitrogens is 4. The monoisotopic (exact) mass is 688 g/mol. The summed E-state index contributed by atoms with van der Waals surface area (Å²) < 4.78 is 17.9. The Morgan fingerprint density at radius 1 is 0.647 bits per heavy atom. The van der Waals surface area contributed by atoms with Crippen LogP contribution in [0.5, 0.6) is 11.5 Å². The molecule has 4 heterocycles. The topological polar surface area (TPSA) is 126 Å². The summed E-state index contributed by atoms with van der Waals surface area (Å²) in [5.41, 5.74) is 4.40.